The highest BCUT2D eigenvalue weighted by atomic mass is 15.0. The predicted molar refractivity (Wildman–Crippen MR) is 63.6 cm³/mol. The van der Waals surface area contributed by atoms with Gasteiger partial charge in [0.15, 0.2) is 0 Å². The first kappa shape index (κ1) is 12.0. The molecule has 0 aromatic carbocycles. The maximum Gasteiger partial charge on any atom is 0.00702 e. The summed E-state index contributed by atoms with van der Waals surface area (Å²) in [5.41, 5.74) is 0. The Morgan fingerprint density at radius 2 is 1.43 bits per heavy atom. The second-order valence-electron chi connectivity index (χ2n) is 4.78. The summed E-state index contributed by atoms with van der Waals surface area (Å²) in [6.07, 6.45) is 12.6. The zero-order chi connectivity index (χ0) is 10.2. The third kappa shape index (κ3) is 4.45. The highest BCUT2D eigenvalue weighted by Gasteiger charge is 2.21. The largest absolute Gasteiger partial charge is 0.311 e. The SMILES string of the molecule is CCCCCC1CCC(CCCC)N1. The first-order valence-electron chi connectivity index (χ1n) is 6.62. The van der Waals surface area contributed by atoms with E-state index in [-0.39, 0.29) is 0 Å². The van der Waals surface area contributed by atoms with Gasteiger partial charge in [-0.2, -0.15) is 0 Å². The molecule has 84 valence electrons. The zero-order valence-corrected chi connectivity index (χ0v) is 10.0. The standard InChI is InChI=1S/C13H27N/c1-3-5-7-9-13-11-10-12(14-13)8-6-4-2/h12-14H,3-11H2,1-2H3. The van der Waals surface area contributed by atoms with Crippen LogP contribution >= 0.6 is 0 Å². The molecule has 0 saturated carbocycles. The summed E-state index contributed by atoms with van der Waals surface area (Å²) in [5, 5.41) is 3.78. The van der Waals surface area contributed by atoms with Crippen LogP contribution in [0.4, 0.5) is 0 Å². The van der Waals surface area contributed by atoms with Crippen LogP contribution in [-0.4, -0.2) is 12.1 Å². The molecule has 1 heteroatoms. The molecule has 1 rings (SSSR count). The molecule has 0 amide bonds. The lowest BCUT2D eigenvalue weighted by Crippen LogP contribution is -2.29. The van der Waals surface area contributed by atoms with Crippen LogP contribution in [0.25, 0.3) is 0 Å². The molecule has 1 nitrogen and oxygen atoms in total. The Hall–Kier alpha value is -0.0400. The summed E-state index contributed by atoms with van der Waals surface area (Å²) >= 11 is 0. The predicted octanol–water partition coefficient (Wildman–Crippen LogP) is 3.88. The molecule has 1 N–H and O–H groups in total. The Morgan fingerprint density at radius 3 is 2.00 bits per heavy atom. The first-order valence-corrected chi connectivity index (χ1v) is 6.62. The lowest BCUT2D eigenvalue weighted by molar-refractivity contribution is 0.465. The van der Waals surface area contributed by atoms with Crippen molar-refractivity contribution in [3.8, 4) is 0 Å². The summed E-state index contributed by atoms with van der Waals surface area (Å²) in [6, 6.07) is 1.70. The van der Waals surface area contributed by atoms with Crippen LogP contribution in [0.1, 0.15) is 71.6 Å². The second kappa shape index (κ2) is 7.28. The highest BCUT2D eigenvalue weighted by molar-refractivity contribution is 4.82. The average molecular weight is 197 g/mol. The Balaban J connectivity index is 2.02. The van der Waals surface area contributed by atoms with Crippen molar-refractivity contribution in [2.45, 2.75) is 83.7 Å². The second-order valence-corrected chi connectivity index (χ2v) is 4.78. The molecule has 0 aliphatic carbocycles. The van der Waals surface area contributed by atoms with E-state index < -0.39 is 0 Å². The minimum absolute atomic E-state index is 0.849. The Morgan fingerprint density at radius 1 is 0.857 bits per heavy atom. The molecule has 1 aliphatic rings. The first-order chi connectivity index (χ1) is 6.86. The monoisotopic (exact) mass is 197 g/mol. The molecule has 2 atom stereocenters. The quantitative estimate of drug-likeness (QED) is 0.611. The zero-order valence-electron chi connectivity index (χ0n) is 10.0. The van der Waals surface area contributed by atoms with E-state index in [1.807, 2.05) is 0 Å². The van der Waals surface area contributed by atoms with Crippen molar-refractivity contribution >= 4 is 0 Å². The van der Waals surface area contributed by atoms with Gasteiger partial charge in [0.2, 0.25) is 0 Å². The van der Waals surface area contributed by atoms with Crippen molar-refractivity contribution in [2.24, 2.45) is 0 Å². The molecule has 0 aromatic rings. The minimum Gasteiger partial charge on any atom is -0.311 e. The van der Waals surface area contributed by atoms with Crippen molar-refractivity contribution in [1.82, 2.24) is 5.32 Å². The van der Waals surface area contributed by atoms with Crippen molar-refractivity contribution in [3.05, 3.63) is 0 Å². The molecule has 2 unspecified atom stereocenters. The van der Waals surface area contributed by atoms with Crippen LogP contribution in [0.2, 0.25) is 0 Å². The van der Waals surface area contributed by atoms with Gasteiger partial charge in [-0.05, 0) is 25.7 Å². The van der Waals surface area contributed by atoms with Gasteiger partial charge in [-0.1, -0.05) is 46.0 Å². The summed E-state index contributed by atoms with van der Waals surface area (Å²) in [5.74, 6) is 0. The third-order valence-corrected chi connectivity index (χ3v) is 3.40. The molecule has 0 spiro atoms. The molecule has 1 heterocycles. The van der Waals surface area contributed by atoms with Gasteiger partial charge in [-0.3, -0.25) is 0 Å². The van der Waals surface area contributed by atoms with Crippen LogP contribution in [0.5, 0.6) is 0 Å². The van der Waals surface area contributed by atoms with Crippen molar-refractivity contribution in [2.75, 3.05) is 0 Å². The molecular formula is C13H27N. The topological polar surface area (TPSA) is 12.0 Å². The Bertz CT molecular complexity index is 133. The Kier molecular flexibility index (Phi) is 6.25. The van der Waals surface area contributed by atoms with E-state index in [4.69, 9.17) is 0 Å². The van der Waals surface area contributed by atoms with E-state index in [2.05, 4.69) is 19.2 Å². The van der Waals surface area contributed by atoms with E-state index >= 15 is 0 Å². The van der Waals surface area contributed by atoms with E-state index in [0.717, 1.165) is 12.1 Å². The van der Waals surface area contributed by atoms with Gasteiger partial charge in [0.1, 0.15) is 0 Å². The maximum absolute atomic E-state index is 3.78. The van der Waals surface area contributed by atoms with Gasteiger partial charge >= 0.3 is 0 Å². The fourth-order valence-electron chi connectivity index (χ4n) is 2.45. The number of rotatable bonds is 7. The molecular weight excluding hydrogens is 170 g/mol. The smallest absolute Gasteiger partial charge is 0.00702 e. The number of hydrogen-bond acceptors (Lipinski definition) is 1. The van der Waals surface area contributed by atoms with Gasteiger partial charge in [0, 0.05) is 12.1 Å². The van der Waals surface area contributed by atoms with Crippen molar-refractivity contribution < 1.29 is 0 Å². The Labute approximate surface area is 89.7 Å². The van der Waals surface area contributed by atoms with Crippen LogP contribution < -0.4 is 5.32 Å². The van der Waals surface area contributed by atoms with Crippen LogP contribution in [-0.2, 0) is 0 Å². The fraction of sp³-hybridized carbons (Fsp3) is 1.00. The van der Waals surface area contributed by atoms with Gasteiger partial charge < -0.3 is 5.32 Å². The molecule has 0 bridgehead atoms. The molecule has 1 aliphatic heterocycles. The number of hydrogen-bond donors (Lipinski definition) is 1. The van der Waals surface area contributed by atoms with Crippen molar-refractivity contribution in [3.63, 3.8) is 0 Å². The normalized spacial score (nSPS) is 27.0. The van der Waals surface area contributed by atoms with E-state index in [1.54, 1.807) is 0 Å². The van der Waals surface area contributed by atoms with Crippen LogP contribution in [0, 0.1) is 0 Å². The minimum atomic E-state index is 0.849. The van der Waals surface area contributed by atoms with E-state index in [9.17, 15) is 0 Å². The molecule has 14 heavy (non-hydrogen) atoms. The summed E-state index contributed by atoms with van der Waals surface area (Å²) in [6.45, 7) is 4.57. The number of nitrogens with one attached hydrogen (secondary N) is 1. The van der Waals surface area contributed by atoms with E-state index in [1.165, 1.54) is 57.8 Å². The molecule has 0 aromatic heterocycles. The van der Waals surface area contributed by atoms with Gasteiger partial charge in [-0.25, -0.2) is 0 Å². The maximum atomic E-state index is 3.78. The summed E-state index contributed by atoms with van der Waals surface area (Å²) in [7, 11) is 0. The lowest BCUT2D eigenvalue weighted by Gasteiger charge is -2.13. The fourth-order valence-corrected chi connectivity index (χ4v) is 2.45. The summed E-state index contributed by atoms with van der Waals surface area (Å²) in [4.78, 5) is 0. The number of unbranched alkanes of at least 4 members (excludes halogenated alkanes) is 3. The highest BCUT2D eigenvalue weighted by Crippen LogP contribution is 2.20. The summed E-state index contributed by atoms with van der Waals surface area (Å²) < 4.78 is 0. The van der Waals surface area contributed by atoms with Crippen LogP contribution in [0.15, 0.2) is 0 Å². The van der Waals surface area contributed by atoms with Gasteiger partial charge in [0.25, 0.3) is 0 Å². The average Bonchev–Trinajstić information content (AvgIpc) is 2.63. The third-order valence-electron chi connectivity index (χ3n) is 3.40. The molecule has 1 fully saturated rings. The van der Waals surface area contributed by atoms with Crippen LogP contribution in [0.3, 0.4) is 0 Å². The molecule has 0 radical (unpaired) electrons. The van der Waals surface area contributed by atoms with Gasteiger partial charge in [-0.15, -0.1) is 0 Å². The van der Waals surface area contributed by atoms with Crippen molar-refractivity contribution in [1.29, 1.82) is 0 Å². The van der Waals surface area contributed by atoms with E-state index in [0.29, 0.717) is 0 Å². The van der Waals surface area contributed by atoms with Gasteiger partial charge in [0.05, 0.1) is 0 Å². The lowest BCUT2D eigenvalue weighted by atomic mass is 10.1. The molecule has 1 saturated heterocycles.